The predicted molar refractivity (Wildman–Crippen MR) is 131 cm³/mol. The van der Waals surface area contributed by atoms with Crippen molar-refractivity contribution < 1.29 is 14.3 Å². The Hall–Kier alpha value is -1.96. The molecule has 7 nitrogen and oxygen atoms in total. The molecule has 2 N–H and O–H groups in total. The zero-order valence-electron chi connectivity index (χ0n) is 20.7. The summed E-state index contributed by atoms with van der Waals surface area (Å²) in [4.78, 5) is 30.8. The number of carbonyl (C=O) groups excluding carboxylic acids is 2. The van der Waals surface area contributed by atoms with Crippen molar-refractivity contribution in [3.05, 3.63) is 34.9 Å². The number of nitrogens with zero attached hydrogens (tertiary/aromatic N) is 3. The van der Waals surface area contributed by atoms with Gasteiger partial charge in [-0.3, -0.25) is 19.4 Å². The van der Waals surface area contributed by atoms with Crippen molar-refractivity contribution in [1.29, 1.82) is 0 Å². The largest absolute Gasteiger partial charge is 0.465 e. The van der Waals surface area contributed by atoms with Crippen LogP contribution in [0.25, 0.3) is 0 Å². The molecule has 2 aliphatic heterocycles. The van der Waals surface area contributed by atoms with Crippen LogP contribution in [0.3, 0.4) is 0 Å². The molecule has 2 aliphatic rings. The van der Waals surface area contributed by atoms with E-state index in [0.717, 1.165) is 77.1 Å². The lowest BCUT2D eigenvalue weighted by molar-refractivity contribution is -0.141. The van der Waals surface area contributed by atoms with Crippen LogP contribution in [-0.2, 0) is 33.6 Å². The van der Waals surface area contributed by atoms with Crippen LogP contribution in [0.1, 0.15) is 50.3 Å². The number of hydrogen-bond acceptors (Lipinski definition) is 6. The lowest BCUT2D eigenvalue weighted by Gasteiger charge is -2.43. The van der Waals surface area contributed by atoms with Crippen molar-refractivity contribution in [1.82, 2.24) is 14.7 Å². The normalized spacial score (nSPS) is 19.5. The zero-order valence-corrected chi connectivity index (χ0v) is 20.7. The molecule has 0 saturated carbocycles. The van der Waals surface area contributed by atoms with Crippen molar-refractivity contribution >= 4 is 11.9 Å². The van der Waals surface area contributed by atoms with Crippen molar-refractivity contribution in [2.45, 2.75) is 65.0 Å². The van der Waals surface area contributed by atoms with Crippen LogP contribution in [0.15, 0.2) is 18.2 Å². The third-order valence-electron chi connectivity index (χ3n) is 7.22. The smallest absolute Gasteiger partial charge is 0.302 e. The van der Waals surface area contributed by atoms with Crippen LogP contribution in [0.4, 0.5) is 0 Å². The average Bonchev–Trinajstić information content (AvgIpc) is 2.83. The van der Waals surface area contributed by atoms with Crippen molar-refractivity contribution in [2.75, 3.05) is 52.4 Å². The predicted octanol–water partition coefficient (Wildman–Crippen LogP) is 1.85. The molecule has 7 heteroatoms. The maximum Gasteiger partial charge on any atom is 0.302 e. The van der Waals surface area contributed by atoms with Crippen LogP contribution in [-0.4, -0.2) is 91.1 Å². The first-order chi connectivity index (χ1) is 15.9. The second kappa shape index (κ2) is 12.5. The molecule has 0 unspecified atom stereocenters. The molecular formula is C26H42N4O3. The number of aryl methyl sites for hydroxylation is 2. The van der Waals surface area contributed by atoms with E-state index in [9.17, 15) is 9.59 Å². The quantitative estimate of drug-likeness (QED) is 0.569. The Balaban J connectivity index is 1.41. The van der Waals surface area contributed by atoms with E-state index in [2.05, 4.69) is 41.8 Å². The van der Waals surface area contributed by atoms with Gasteiger partial charge in [0.15, 0.2) is 0 Å². The lowest BCUT2D eigenvalue weighted by Crippen LogP contribution is -2.55. The molecule has 33 heavy (non-hydrogen) atoms. The molecule has 0 aliphatic carbocycles. The highest BCUT2D eigenvalue weighted by molar-refractivity contribution is 5.82. The standard InChI is InChI=1S/C26H42N4O3/c1-4-22-7-6-21(18-23(22)5-2)19-25(27)26(32)30-10-8-24(9-11-30)29-14-12-28(13-15-29)16-17-33-20(3)31/h6-7,18,24-25H,4-5,8-17,19,27H2,1-3H3/t25-/m1/s1. The summed E-state index contributed by atoms with van der Waals surface area (Å²) in [5, 5.41) is 0. The number of hydrogen-bond donors (Lipinski definition) is 1. The summed E-state index contributed by atoms with van der Waals surface area (Å²) in [6.07, 6.45) is 4.67. The van der Waals surface area contributed by atoms with Gasteiger partial charge in [0.25, 0.3) is 0 Å². The summed E-state index contributed by atoms with van der Waals surface area (Å²) in [6.45, 7) is 12.7. The third kappa shape index (κ3) is 7.26. The number of piperidine rings is 1. The van der Waals surface area contributed by atoms with Crippen LogP contribution < -0.4 is 5.73 Å². The first-order valence-electron chi connectivity index (χ1n) is 12.7. The Bertz CT molecular complexity index is 784. The third-order valence-corrected chi connectivity index (χ3v) is 7.22. The highest BCUT2D eigenvalue weighted by Crippen LogP contribution is 2.20. The van der Waals surface area contributed by atoms with Gasteiger partial charge in [0.05, 0.1) is 6.04 Å². The van der Waals surface area contributed by atoms with Gasteiger partial charge in [-0.05, 0) is 48.8 Å². The van der Waals surface area contributed by atoms with Crippen molar-refractivity contribution in [3.8, 4) is 0 Å². The van der Waals surface area contributed by atoms with Crippen molar-refractivity contribution in [2.24, 2.45) is 5.73 Å². The maximum atomic E-state index is 13.0. The molecule has 184 valence electrons. The SMILES string of the molecule is CCc1ccc(C[C@@H](N)C(=O)N2CCC(N3CCN(CCOC(C)=O)CC3)CC2)cc1CC. The van der Waals surface area contributed by atoms with Crippen LogP contribution in [0.5, 0.6) is 0 Å². The van der Waals surface area contributed by atoms with Gasteiger partial charge in [-0.25, -0.2) is 0 Å². The molecule has 3 rings (SSSR count). The number of piperazine rings is 1. The number of benzene rings is 1. The summed E-state index contributed by atoms with van der Waals surface area (Å²) in [6, 6.07) is 6.61. The average molecular weight is 459 g/mol. The minimum atomic E-state index is -0.473. The van der Waals surface area contributed by atoms with E-state index in [1.165, 1.54) is 18.1 Å². The number of nitrogens with two attached hydrogens (primary N) is 1. The Morgan fingerprint density at radius 1 is 1.03 bits per heavy atom. The van der Waals surface area contributed by atoms with E-state index in [4.69, 9.17) is 10.5 Å². The minimum absolute atomic E-state index is 0.0846. The Labute approximate surface area is 199 Å². The summed E-state index contributed by atoms with van der Waals surface area (Å²) in [7, 11) is 0. The highest BCUT2D eigenvalue weighted by atomic mass is 16.5. The Kier molecular flexibility index (Phi) is 9.71. The second-order valence-corrected chi connectivity index (χ2v) is 9.39. The zero-order chi connectivity index (χ0) is 23.8. The molecule has 2 saturated heterocycles. The highest BCUT2D eigenvalue weighted by Gasteiger charge is 2.30. The van der Waals surface area contributed by atoms with Gasteiger partial charge >= 0.3 is 5.97 Å². The fourth-order valence-corrected chi connectivity index (χ4v) is 5.18. The Morgan fingerprint density at radius 2 is 1.70 bits per heavy atom. The van der Waals surface area contributed by atoms with E-state index in [0.29, 0.717) is 19.1 Å². The number of likely N-dealkylation sites (tertiary alicyclic amines) is 1. The molecule has 1 aromatic carbocycles. The summed E-state index contributed by atoms with van der Waals surface area (Å²) < 4.78 is 5.06. The number of carbonyl (C=O) groups is 2. The first-order valence-corrected chi connectivity index (χ1v) is 12.7. The van der Waals surface area contributed by atoms with Crippen molar-refractivity contribution in [3.63, 3.8) is 0 Å². The van der Waals surface area contributed by atoms with E-state index in [1.54, 1.807) is 0 Å². The molecule has 1 aromatic rings. The second-order valence-electron chi connectivity index (χ2n) is 9.39. The number of rotatable bonds is 9. The molecule has 0 spiro atoms. The van der Waals surface area contributed by atoms with Crippen LogP contribution in [0.2, 0.25) is 0 Å². The van der Waals surface area contributed by atoms with E-state index >= 15 is 0 Å². The van der Waals surface area contributed by atoms with Crippen LogP contribution in [0, 0.1) is 0 Å². The molecular weight excluding hydrogens is 416 g/mol. The van der Waals surface area contributed by atoms with Gasteiger partial charge in [-0.1, -0.05) is 32.0 Å². The maximum absolute atomic E-state index is 13.0. The van der Waals surface area contributed by atoms with Gasteiger partial charge in [-0.2, -0.15) is 0 Å². The van der Waals surface area contributed by atoms with Gasteiger partial charge < -0.3 is 15.4 Å². The monoisotopic (exact) mass is 458 g/mol. The van der Waals surface area contributed by atoms with Crippen LogP contribution >= 0.6 is 0 Å². The first kappa shape index (κ1) is 25.7. The summed E-state index contributed by atoms with van der Waals surface area (Å²) in [5.41, 5.74) is 10.3. The number of amides is 1. The van der Waals surface area contributed by atoms with Gasteiger partial charge in [-0.15, -0.1) is 0 Å². The Morgan fingerprint density at radius 3 is 2.30 bits per heavy atom. The van der Waals surface area contributed by atoms with Gasteiger partial charge in [0.1, 0.15) is 6.61 Å². The summed E-state index contributed by atoms with van der Waals surface area (Å²) in [5.74, 6) is -0.129. The lowest BCUT2D eigenvalue weighted by atomic mass is 9.96. The topological polar surface area (TPSA) is 79.1 Å². The molecule has 2 fully saturated rings. The summed E-state index contributed by atoms with van der Waals surface area (Å²) >= 11 is 0. The molecule has 1 atom stereocenters. The molecule has 0 radical (unpaired) electrons. The fourth-order valence-electron chi connectivity index (χ4n) is 5.18. The van der Waals surface area contributed by atoms with E-state index in [-0.39, 0.29) is 11.9 Å². The van der Waals surface area contributed by atoms with E-state index < -0.39 is 6.04 Å². The molecule has 0 aromatic heterocycles. The molecule has 1 amide bonds. The van der Waals surface area contributed by atoms with E-state index in [1.807, 2.05) is 4.90 Å². The number of ether oxygens (including phenoxy) is 1. The van der Waals surface area contributed by atoms with Gasteiger partial charge in [0, 0.05) is 58.8 Å². The minimum Gasteiger partial charge on any atom is -0.465 e. The fraction of sp³-hybridized carbons (Fsp3) is 0.692. The molecule has 2 heterocycles. The number of esters is 1. The molecule has 0 bridgehead atoms. The van der Waals surface area contributed by atoms with Gasteiger partial charge in [0.2, 0.25) is 5.91 Å².